The summed E-state index contributed by atoms with van der Waals surface area (Å²) in [6.07, 6.45) is 1.69. The zero-order valence-corrected chi connectivity index (χ0v) is 18.3. The number of ketones is 1. The summed E-state index contributed by atoms with van der Waals surface area (Å²) in [5, 5.41) is 20.1. The van der Waals surface area contributed by atoms with Gasteiger partial charge in [0.25, 0.3) is 0 Å². The Balaban J connectivity index is 1.61. The molecule has 0 saturated heterocycles. The number of rotatable bonds is 7. The van der Waals surface area contributed by atoms with Crippen molar-refractivity contribution in [2.24, 2.45) is 0 Å². The van der Waals surface area contributed by atoms with Crippen LogP contribution in [0.15, 0.2) is 60.8 Å². The van der Waals surface area contributed by atoms with Crippen LogP contribution in [0.4, 0.5) is 20.2 Å². The largest absolute Gasteiger partial charge is 0.394 e. The minimum absolute atomic E-state index is 0.0580. The summed E-state index contributed by atoms with van der Waals surface area (Å²) in [7, 11) is 0. The van der Waals surface area contributed by atoms with Gasteiger partial charge in [-0.15, -0.1) is 5.10 Å². The third-order valence-corrected chi connectivity index (χ3v) is 5.38. The normalized spacial score (nSPS) is 10.9. The average molecular weight is 469 g/mol. The van der Waals surface area contributed by atoms with Gasteiger partial charge in [-0.25, -0.2) is 13.5 Å². The van der Waals surface area contributed by atoms with Crippen molar-refractivity contribution >= 4 is 28.8 Å². The highest BCUT2D eigenvalue weighted by Gasteiger charge is 2.18. The van der Waals surface area contributed by atoms with Gasteiger partial charge in [-0.05, 0) is 48.9 Å². The molecule has 4 rings (SSSR count). The van der Waals surface area contributed by atoms with E-state index < -0.39 is 11.6 Å². The van der Waals surface area contributed by atoms with Crippen LogP contribution in [0, 0.1) is 18.6 Å². The summed E-state index contributed by atoms with van der Waals surface area (Å²) < 4.78 is 28.5. The Bertz CT molecular complexity index is 1340. The van der Waals surface area contributed by atoms with E-state index in [1.807, 2.05) is 19.1 Å². The maximum atomic E-state index is 13.9. The van der Waals surface area contributed by atoms with Crippen molar-refractivity contribution in [1.29, 1.82) is 0 Å². The van der Waals surface area contributed by atoms with Gasteiger partial charge in [0, 0.05) is 28.4 Å². The first-order chi connectivity index (χ1) is 15.9. The van der Waals surface area contributed by atoms with E-state index in [-0.39, 0.29) is 28.7 Å². The third kappa shape index (κ3) is 4.92. The number of nitrogens with zero attached hydrogens (tertiary/aromatic N) is 3. The topological polar surface area (TPSA) is 80.0 Å². The average Bonchev–Trinajstić information content (AvgIpc) is 3.25. The lowest BCUT2D eigenvalue weighted by Gasteiger charge is -2.12. The number of aromatic nitrogens is 3. The van der Waals surface area contributed by atoms with Gasteiger partial charge in [-0.1, -0.05) is 28.9 Å². The number of halogens is 3. The quantitative estimate of drug-likeness (QED) is 0.366. The van der Waals surface area contributed by atoms with Crippen LogP contribution in [0.25, 0.3) is 11.3 Å². The highest BCUT2D eigenvalue weighted by atomic mass is 35.5. The van der Waals surface area contributed by atoms with Gasteiger partial charge in [0.1, 0.15) is 17.3 Å². The highest BCUT2D eigenvalue weighted by molar-refractivity contribution is 6.35. The molecular weight excluding hydrogens is 450 g/mol. The highest BCUT2D eigenvalue weighted by Crippen LogP contribution is 2.29. The van der Waals surface area contributed by atoms with E-state index >= 15 is 0 Å². The molecule has 9 heteroatoms. The molecule has 0 aliphatic heterocycles. The number of nitrogens with one attached hydrogen (secondary N) is 1. The molecule has 0 saturated carbocycles. The predicted octanol–water partition coefficient (Wildman–Crippen LogP) is 5.15. The van der Waals surface area contributed by atoms with E-state index in [2.05, 4.69) is 15.6 Å². The summed E-state index contributed by atoms with van der Waals surface area (Å²) in [5.74, 6) is -1.69. The van der Waals surface area contributed by atoms with Crippen LogP contribution in [0.1, 0.15) is 21.5 Å². The van der Waals surface area contributed by atoms with Gasteiger partial charge in [-0.3, -0.25) is 4.79 Å². The molecule has 0 amide bonds. The maximum Gasteiger partial charge on any atom is 0.194 e. The number of hydrogen-bond acceptors (Lipinski definition) is 5. The first-order valence-corrected chi connectivity index (χ1v) is 10.4. The molecule has 0 bridgehead atoms. The van der Waals surface area contributed by atoms with Crippen LogP contribution in [-0.2, 0) is 6.54 Å². The van der Waals surface area contributed by atoms with Gasteiger partial charge in [0.2, 0.25) is 0 Å². The molecule has 2 N–H and O–H groups in total. The minimum Gasteiger partial charge on any atom is -0.394 e. The fourth-order valence-electron chi connectivity index (χ4n) is 3.34. The fourth-order valence-corrected chi connectivity index (χ4v) is 3.60. The Morgan fingerprint density at radius 3 is 2.64 bits per heavy atom. The van der Waals surface area contributed by atoms with Crippen LogP contribution in [-0.4, -0.2) is 32.5 Å². The fraction of sp³-hybridized carbons (Fsp3) is 0.125. The number of aryl methyl sites for hydroxylation is 1. The van der Waals surface area contributed by atoms with E-state index in [0.717, 1.165) is 17.7 Å². The summed E-state index contributed by atoms with van der Waals surface area (Å²) >= 11 is 6.39. The Labute approximate surface area is 193 Å². The van der Waals surface area contributed by atoms with Crippen molar-refractivity contribution in [2.45, 2.75) is 13.5 Å². The van der Waals surface area contributed by atoms with Gasteiger partial charge in [0.15, 0.2) is 5.78 Å². The second-order valence-corrected chi connectivity index (χ2v) is 7.80. The van der Waals surface area contributed by atoms with E-state index in [0.29, 0.717) is 29.1 Å². The van der Waals surface area contributed by atoms with Crippen molar-refractivity contribution in [3.63, 3.8) is 0 Å². The molecule has 4 aromatic rings. The first kappa shape index (κ1) is 22.6. The molecule has 0 unspecified atom stereocenters. The molecule has 0 spiro atoms. The van der Waals surface area contributed by atoms with Crippen LogP contribution in [0.2, 0.25) is 5.02 Å². The van der Waals surface area contributed by atoms with Gasteiger partial charge >= 0.3 is 0 Å². The number of carbonyl (C=O) groups excluding carboxylic acids is 1. The second-order valence-electron chi connectivity index (χ2n) is 7.39. The van der Waals surface area contributed by atoms with Crippen LogP contribution >= 0.6 is 11.6 Å². The lowest BCUT2D eigenvalue weighted by atomic mass is 9.96. The molecule has 0 aliphatic rings. The van der Waals surface area contributed by atoms with E-state index in [1.165, 1.54) is 16.8 Å². The molecule has 168 valence electrons. The zero-order chi connectivity index (χ0) is 23.5. The second kappa shape index (κ2) is 9.48. The summed E-state index contributed by atoms with van der Waals surface area (Å²) in [6.45, 7) is 2.08. The molecule has 3 aromatic carbocycles. The number of hydrogen-bond donors (Lipinski definition) is 2. The predicted molar refractivity (Wildman–Crippen MR) is 122 cm³/mol. The third-order valence-electron chi connectivity index (χ3n) is 5.07. The number of aliphatic hydroxyl groups is 1. The van der Waals surface area contributed by atoms with Crippen LogP contribution in [0.3, 0.4) is 0 Å². The van der Waals surface area contributed by atoms with Crippen molar-refractivity contribution in [3.05, 3.63) is 94.1 Å². The zero-order valence-electron chi connectivity index (χ0n) is 17.5. The molecule has 0 atom stereocenters. The van der Waals surface area contributed by atoms with E-state index in [4.69, 9.17) is 16.7 Å². The Morgan fingerprint density at radius 2 is 1.91 bits per heavy atom. The SMILES string of the molecule is Cc1ccc(-c2cn(CCO)nn2)cc1C(=O)c1ccc(Nc2ccc(F)cc2F)cc1Cl. The van der Waals surface area contributed by atoms with Gasteiger partial charge in [0.05, 0.1) is 30.1 Å². The molecule has 1 aromatic heterocycles. The first-order valence-electron chi connectivity index (χ1n) is 10.0. The summed E-state index contributed by atoms with van der Waals surface area (Å²) in [5.41, 5.74) is 3.32. The monoisotopic (exact) mass is 468 g/mol. The van der Waals surface area contributed by atoms with Crippen molar-refractivity contribution < 1.29 is 18.7 Å². The lowest BCUT2D eigenvalue weighted by molar-refractivity contribution is 0.103. The molecule has 1 heterocycles. The van der Waals surface area contributed by atoms with E-state index in [1.54, 1.807) is 24.4 Å². The number of benzene rings is 3. The number of carbonyl (C=O) groups is 1. The Kier molecular flexibility index (Phi) is 6.48. The van der Waals surface area contributed by atoms with Crippen molar-refractivity contribution in [1.82, 2.24) is 15.0 Å². The molecule has 0 aliphatic carbocycles. The number of anilines is 2. The lowest BCUT2D eigenvalue weighted by Crippen LogP contribution is -2.05. The van der Waals surface area contributed by atoms with E-state index in [9.17, 15) is 13.6 Å². The minimum atomic E-state index is -0.741. The smallest absolute Gasteiger partial charge is 0.194 e. The molecule has 6 nitrogen and oxygen atoms in total. The number of aliphatic hydroxyl groups excluding tert-OH is 1. The summed E-state index contributed by atoms with van der Waals surface area (Å²) in [6, 6.07) is 13.2. The molecular formula is C24H19ClF2N4O2. The van der Waals surface area contributed by atoms with Crippen molar-refractivity contribution in [2.75, 3.05) is 11.9 Å². The summed E-state index contributed by atoms with van der Waals surface area (Å²) in [4.78, 5) is 13.3. The van der Waals surface area contributed by atoms with Gasteiger partial charge in [-0.2, -0.15) is 0 Å². The van der Waals surface area contributed by atoms with Gasteiger partial charge < -0.3 is 10.4 Å². The van der Waals surface area contributed by atoms with Crippen LogP contribution < -0.4 is 5.32 Å². The maximum absolute atomic E-state index is 13.9. The molecule has 0 radical (unpaired) electrons. The standard InChI is InChI=1S/C24H19ClF2N4O2/c1-14-2-3-15(23-13-31(8-9-32)30-29-23)10-19(14)24(33)18-6-5-17(12-20(18)25)28-22-7-4-16(26)11-21(22)27/h2-7,10-13,28,32H,8-9H2,1H3. The Hall–Kier alpha value is -3.62. The van der Waals surface area contributed by atoms with Crippen molar-refractivity contribution in [3.8, 4) is 11.3 Å². The molecule has 33 heavy (non-hydrogen) atoms. The molecule has 0 fully saturated rings. The Morgan fingerprint density at radius 1 is 1.09 bits per heavy atom. The van der Waals surface area contributed by atoms with Crippen LogP contribution in [0.5, 0.6) is 0 Å².